The molecule has 0 saturated heterocycles. The Morgan fingerprint density at radius 3 is 2.30 bits per heavy atom. The molecular weight excluding hydrogens is 494 g/mol. The Morgan fingerprint density at radius 2 is 1.59 bits per heavy atom. The molecule has 37 heavy (non-hydrogen) atoms. The van der Waals surface area contributed by atoms with Gasteiger partial charge in [-0.05, 0) is 61.4 Å². The summed E-state index contributed by atoms with van der Waals surface area (Å²) in [6, 6.07) is 20.0. The third-order valence-electron chi connectivity index (χ3n) is 5.64. The summed E-state index contributed by atoms with van der Waals surface area (Å²) in [6.07, 6.45) is 0.628. The molecule has 8 nitrogen and oxygen atoms in total. The lowest BCUT2D eigenvalue weighted by atomic mass is 10.1. The van der Waals surface area contributed by atoms with Gasteiger partial charge >= 0.3 is 5.97 Å². The van der Waals surface area contributed by atoms with E-state index in [2.05, 4.69) is 10.6 Å². The van der Waals surface area contributed by atoms with Crippen LogP contribution in [-0.2, 0) is 14.3 Å². The van der Waals surface area contributed by atoms with Gasteiger partial charge in [-0.15, -0.1) is 0 Å². The topological polar surface area (TPSA) is 105 Å². The first-order valence-corrected chi connectivity index (χ1v) is 12.0. The Bertz CT molecular complexity index is 1420. The first-order chi connectivity index (χ1) is 17.8. The van der Waals surface area contributed by atoms with Crippen molar-refractivity contribution in [3.8, 4) is 0 Å². The van der Waals surface area contributed by atoms with Crippen molar-refractivity contribution in [3.05, 3.63) is 100 Å². The Labute approximate surface area is 218 Å². The van der Waals surface area contributed by atoms with Gasteiger partial charge in [-0.2, -0.15) is 0 Å². The molecule has 1 heterocycles. The summed E-state index contributed by atoms with van der Waals surface area (Å²) < 4.78 is 5.19. The van der Waals surface area contributed by atoms with Crippen LogP contribution in [0, 0.1) is 6.92 Å². The van der Waals surface area contributed by atoms with Gasteiger partial charge in [0.1, 0.15) is 10.7 Å². The molecular formula is C28H24ClN3O5. The van der Waals surface area contributed by atoms with Crippen molar-refractivity contribution in [2.45, 2.75) is 20.3 Å². The molecule has 0 aliphatic carbocycles. The molecule has 0 radical (unpaired) electrons. The number of aryl methyl sites for hydroxylation is 1. The van der Waals surface area contributed by atoms with E-state index in [1.54, 1.807) is 36.4 Å². The summed E-state index contributed by atoms with van der Waals surface area (Å²) in [7, 11) is 0. The van der Waals surface area contributed by atoms with Gasteiger partial charge in [0.05, 0.1) is 17.9 Å². The molecule has 0 spiro atoms. The second kappa shape index (κ2) is 11.1. The van der Waals surface area contributed by atoms with Gasteiger partial charge in [0, 0.05) is 16.9 Å². The van der Waals surface area contributed by atoms with Crippen molar-refractivity contribution in [2.24, 2.45) is 0 Å². The van der Waals surface area contributed by atoms with Gasteiger partial charge in [0.15, 0.2) is 0 Å². The molecule has 0 bridgehead atoms. The highest BCUT2D eigenvalue weighted by atomic mass is 35.5. The summed E-state index contributed by atoms with van der Waals surface area (Å²) in [4.78, 5) is 52.1. The van der Waals surface area contributed by atoms with E-state index in [1.807, 2.05) is 38.1 Å². The molecule has 1 aliphatic rings. The molecule has 2 N–H and O–H groups in total. The third-order valence-corrected chi connectivity index (χ3v) is 5.99. The molecule has 3 amide bonds. The lowest BCUT2D eigenvalue weighted by Gasteiger charge is -2.18. The van der Waals surface area contributed by atoms with Crippen molar-refractivity contribution in [1.29, 1.82) is 0 Å². The van der Waals surface area contributed by atoms with E-state index < -0.39 is 17.8 Å². The molecule has 0 unspecified atom stereocenters. The van der Waals surface area contributed by atoms with Crippen molar-refractivity contribution in [2.75, 3.05) is 22.1 Å². The number of para-hydroxylation sites is 2. The fourth-order valence-electron chi connectivity index (χ4n) is 3.70. The van der Waals surface area contributed by atoms with Crippen LogP contribution in [0.5, 0.6) is 0 Å². The zero-order valence-electron chi connectivity index (χ0n) is 20.2. The van der Waals surface area contributed by atoms with Crippen LogP contribution in [0.1, 0.15) is 39.6 Å². The number of amides is 3. The van der Waals surface area contributed by atoms with Gasteiger partial charge < -0.3 is 15.4 Å². The number of ether oxygens (including phenoxy) is 1. The highest BCUT2D eigenvalue weighted by Crippen LogP contribution is 2.32. The highest BCUT2D eigenvalue weighted by Gasteiger charge is 2.40. The number of benzene rings is 3. The van der Waals surface area contributed by atoms with Crippen molar-refractivity contribution in [3.63, 3.8) is 0 Å². The van der Waals surface area contributed by atoms with E-state index in [0.29, 0.717) is 23.4 Å². The predicted molar refractivity (Wildman–Crippen MR) is 142 cm³/mol. The lowest BCUT2D eigenvalue weighted by Crippen LogP contribution is -2.33. The molecule has 3 aromatic rings. The first-order valence-electron chi connectivity index (χ1n) is 11.6. The van der Waals surface area contributed by atoms with E-state index >= 15 is 0 Å². The van der Waals surface area contributed by atoms with Crippen LogP contribution in [0.25, 0.3) is 0 Å². The summed E-state index contributed by atoms with van der Waals surface area (Å²) in [5.41, 5.74) is 2.51. The quantitative estimate of drug-likeness (QED) is 0.312. The molecule has 188 valence electrons. The van der Waals surface area contributed by atoms with Crippen LogP contribution in [0.15, 0.2) is 83.5 Å². The average Bonchev–Trinajstić information content (AvgIpc) is 3.11. The fraction of sp³-hybridized carbons (Fsp3) is 0.143. The van der Waals surface area contributed by atoms with E-state index in [1.165, 1.54) is 12.1 Å². The molecule has 0 atom stereocenters. The molecule has 1 aliphatic heterocycles. The predicted octanol–water partition coefficient (Wildman–Crippen LogP) is 5.25. The van der Waals surface area contributed by atoms with Crippen molar-refractivity contribution in [1.82, 2.24) is 0 Å². The van der Waals surface area contributed by atoms with Crippen LogP contribution in [0.4, 0.5) is 17.1 Å². The Morgan fingerprint density at radius 1 is 0.919 bits per heavy atom. The number of nitrogens with zero attached hydrogens (tertiary/aromatic N) is 1. The second-order valence-corrected chi connectivity index (χ2v) is 8.64. The van der Waals surface area contributed by atoms with Gasteiger partial charge in [-0.1, -0.05) is 48.9 Å². The summed E-state index contributed by atoms with van der Waals surface area (Å²) in [5.74, 6) is -2.41. The van der Waals surface area contributed by atoms with Crippen molar-refractivity contribution >= 4 is 52.4 Å². The Kier molecular flexibility index (Phi) is 7.69. The summed E-state index contributed by atoms with van der Waals surface area (Å²) in [6.45, 7) is 3.97. The highest BCUT2D eigenvalue weighted by molar-refractivity contribution is 6.53. The van der Waals surface area contributed by atoms with Crippen LogP contribution in [0.3, 0.4) is 0 Å². The largest absolute Gasteiger partial charge is 0.462 e. The first kappa shape index (κ1) is 25.7. The zero-order valence-corrected chi connectivity index (χ0v) is 21.0. The number of anilines is 3. The Hall–Kier alpha value is -4.43. The second-order valence-electron chi connectivity index (χ2n) is 8.26. The number of nitrogens with one attached hydrogen (secondary N) is 2. The minimum absolute atomic E-state index is 0.0763. The average molecular weight is 518 g/mol. The normalized spacial score (nSPS) is 13.1. The molecule has 0 aromatic heterocycles. The number of carbonyl (C=O) groups is 4. The molecule has 0 fully saturated rings. The fourth-order valence-corrected chi connectivity index (χ4v) is 3.91. The Balaban J connectivity index is 1.51. The zero-order chi connectivity index (χ0) is 26.5. The van der Waals surface area contributed by atoms with Crippen LogP contribution in [-0.4, -0.2) is 30.3 Å². The molecule has 4 rings (SSSR count). The molecule has 0 saturated carbocycles. The van der Waals surface area contributed by atoms with Crippen LogP contribution >= 0.6 is 11.6 Å². The van der Waals surface area contributed by atoms with E-state index in [-0.39, 0.29) is 34.5 Å². The minimum Gasteiger partial charge on any atom is -0.462 e. The number of carbonyl (C=O) groups excluding carboxylic acids is 4. The number of hydrogen-bond acceptors (Lipinski definition) is 6. The number of hydrogen-bond donors (Lipinski definition) is 2. The number of imide groups is 1. The van der Waals surface area contributed by atoms with Gasteiger partial charge in [0.2, 0.25) is 0 Å². The van der Waals surface area contributed by atoms with Gasteiger partial charge in [0.25, 0.3) is 17.7 Å². The van der Waals surface area contributed by atoms with Crippen LogP contribution < -0.4 is 15.5 Å². The molecule has 9 heteroatoms. The van der Waals surface area contributed by atoms with Crippen LogP contribution in [0.2, 0.25) is 0 Å². The van der Waals surface area contributed by atoms with Crippen molar-refractivity contribution < 1.29 is 23.9 Å². The summed E-state index contributed by atoms with van der Waals surface area (Å²) >= 11 is 6.25. The number of esters is 1. The number of halogens is 1. The van der Waals surface area contributed by atoms with E-state index in [4.69, 9.17) is 16.3 Å². The standard InChI is InChI=1S/C28H24ClN3O5/c1-3-16-37-28(36)20-9-5-7-11-22(20)32-26(34)23(29)24(27(32)35)30-19-14-12-18(13-15-19)25(33)31-21-10-6-4-8-17(21)2/h4-15,30H,3,16H2,1-2H3,(H,31,33). The third kappa shape index (κ3) is 5.39. The minimum atomic E-state index is -0.765. The van der Waals surface area contributed by atoms with E-state index in [9.17, 15) is 19.2 Å². The van der Waals surface area contributed by atoms with Gasteiger partial charge in [-0.3, -0.25) is 14.4 Å². The maximum Gasteiger partial charge on any atom is 0.340 e. The number of rotatable bonds is 8. The summed E-state index contributed by atoms with van der Waals surface area (Å²) in [5, 5.41) is 5.41. The smallest absolute Gasteiger partial charge is 0.340 e. The van der Waals surface area contributed by atoms with E-state index in [0.717, 1.165) is 10.5 Å². The molecule has 3 aromatic carbocycles. The maximum absolute atomic E-state index is 13.2. The maximum atomic E-state index is 13.2. The lowest BCUT2D eigenvalue weighted by molar-refractivity contribution is -0.120. The van der Waals surface area contributed by atoms with Gasteiger partial charge in [-0.25, -0.2) is 9.69 Å². The monoisotopic (exact) mass is 517 g/mol. The SMILES string of the molecule is CCCOC(=O)c1ccccc1N1C(=O)C(Cl)=C(Nc2ccc(C(=O)Nc3ccccc3C)cc2)C1=O.